The summed E-state index contributed by atoms with van der Waals surface area (Å²) in [6.07, 6.45) is 6.20. The van der Waals surface area contributed by atoms with E-state index < -0.39 is 14.9 Å². The van der Waals surface area contributed by atoms with Crippen LogP contribution in [0.15, 0.2) is 83.8 Å². The van der Waals surface area contributed by atoms with Crippen LogP contribution in [0.2, 0.25) is 0 Å². The zero-order valence-corrected chi connectivity index (χ0v) is 24.9. The van der Waals surface area contributed by atoms with Gasteiger partial charge in [-0.1, -0.05) is 18.2 Å². The molecule has 3 aromatic carbocycles. The van der Waals surface area contributed by atoms with E-state index in [0.29, 0.717) is 17.2 Å². The number of nitrogens with zero attached hydrogens (tertiary/aromatic N) is 3. The number of non-ortho nitro benzene ring substituents is 1. The lowest BCUT2D eigenvalue weighted by Crippen LogP contribution is -2.51. The Morgan fingerprint density at radius 2 is 1.50 bits per heavy atom. The summed E-state index contributed by atoms with van der Waals surface area (Å²) >= 11 is 0. The number of ketones is 1. The molecule has 0 bridgehead atoms. The third-order valence-corrected chi connectivity index (χ3v) is 8.74. The minimum atomic E-state index is -3.84. The van der Waals surface area contributed by atoms with Crippen molar-refractivity contribution in [1.82, 2.24) is 9.21 Å². The van der Waals surface area contributed by atoms with Crippen molar-refractivity contribution in [1.29, 1.82) is 0 Å². The molecule has 0 radical (unpaired) electrons. The van der Waals surface area contributed by atoms with Gasteiger partial charge in [-0.15, -0.1) is 0 Å². The molecule has 0 spiro atoms. The van der Waals surface area contributed by atoms with Crippen LogP contribution in [-0.2, 0) is 19.6 Å². The third-order valence-electron chi connectivity index (χ3n) is 6.83. The average molecular weight is 622 g/mol. The number of ether oxygens (including phenoxy) is 3. The van der Waals surface area contributed by atoms with Gasteiger partial charge < -0.3 is 19.1 Å². The second kappa shape index (κ2) is 14.4. The molecule has 12 nitrogen and oxygen atoms in total. The van der Waals surface area contributed by atoms with Crippen molar-refractivity contribution in [3.8, 4) is 17.2 Å². The summed E-state index contributed by atoms with van der Waals surface area (Å²) in [7, 11) is -0.738. The predicted octanol–water partition coefficient (Wildman–Crippen LogP) is 3.82. The van der Waals surface area contributed by atoms with Crippen LogP contribution in [0.25, 0.3) is 12.2 Å². The zero-order chi connectivity index (χ0) is 31.7. The molecule has 0 N–H and O–H groups in total. The number of rotatable bonds is 12. The van der Waals surface area contributed by atoms with E-state index in [9.17, 15) is 28.1 Å². The molecule has 0 unspecified atom stereocenters. The first kappa shape index (κ1) is 31.9. The van der Waals surface area contributed by atoms with E-state index in [-0.39, 0.29) is 55.1 Å². The van der Waals surface area contributed by atoms with E-state index in [1.165, 1.54) is 33.5 Å². The Kier molecular flexibility index (Phi) is 10.5. The molecule has 1 fully saturated rings. The van der Waals surface area contributed by atoms with Crippen LogP contribution in [0.5, 0.6) is 17.2 Å². The molecule has 230 valence electrons. The van der Waals surface area contributed by atoms with Gasteiger partial charge >= 0.3 is 0 Å². The molecule has 0 saturated carbocycles. The highest BCUT2D eigenvalue weighted by molar-refractivity contribution is 7.89. The fourth-order valence-electron chi connectivity index (χ4n) is 4.34. The predicted molar refractivity (Wildman–Crippen MR) is 163 cm³/mol. The molecule has 1 amide bonds. The maximum Gasteiger partial charge on any atom is 0.269 e. The highest BCUT2D eigenvalue weighted by atomic mass is 32.2. The zero-order valence-electron chi connectivity index (χ0n) is 24.1. The number of carbonyl (C=O) groups is 2. The summed E-state index contributed by atoms with van der Waals surface area (Å²) in [6, 6.07) is 16.9. The Labute approximate surface area is 255 Å². The number of nitro benzene ring substituents is 1. The number of nitro groups is 1. The lowest BCUT2D eigenvalue weighted by atomic mass is 10.1. The van der Waals surface area contributed by atoms with E-state index in [0.717, 1.165) is 23.3 Å². The summed E-state index contributed by atoms with van der Waals surface area (Å²) in [5, 5.41) is 10.8. The van der Waals surface area contributed by atoms with Crippen molar-refractivity contribution in [3.63, 3.8) is 0 Å². The van der Waals surface area contributed by atoms with Gasteiger partial charge in [0.1, 0.15) is 17.2 Å². The Morgan fingerprint density at radius 1 is 0.864 bits per heavy atom. The topological polar surface area (TPSA) is 146 Å². The minimum Gasteiger partial charge on any atom is -0.497 e. The van der Waals surface area contributed by atoms with Gasteiger partial charge in [0.05, 0.1) is 24.0 Å². The standard InChI is InChI=1S/C31H31N3O9S/c1-41-28-14-7-24(30(21-28)42-2)6-11-26(35)10-3-23-4-12-27(13-5-23)43-22-31(36)32-17-19-33(20-18-32)44(39,40)29-15-8-25(9-16-29)34(37)38/h3-16,21H,17-20,22H2,1-2H3. The second-order valence-corrected chi connectivity index (χ2v) is 11.5. The minimum absolute atomic E-state index is 0.0421. The number of hydrogen-bond donors (Lipinski definition) is 0. The average Bonchev–Trinajstić information content (AvgIpc) is 3.05. The van der Waals surface area contributed by atoms with E-state index in [4.69, 9.17) is 14.2 Å². The largest absolute Gasteiger partial charge is 0.497 e. The number of methoxy groups -OCH3 is 2. The second-order valence-electron chi connectivity index (χ2n) is 9.57. The van der Waals surface area contributed by atoms with Gasteiger partial charge in [-0.2, -0.15) is 4.31 Å². The van der Waals surface area contributed by atoms with Crippen molar-refractivity contribution in [2.75, 3.05) is 47.0 Å². The number of hydrogen-bond acceptors (Lipinski definition) is 9. The van der Waals surface area contributed by atoms with Gasteiger partial charge in [0.15, 0.2) is 12.4 Å². The summed E-state index contributed by atoms with van der Waals surface area (Å²) in [5.41, 5.74) is 1.30. The van der Waals surface area contributed by atoms with Crippen molar-refractivity contribution in [2.45, 2.75) is 4.90 Å². The maximum atomic E-state index is 12.9. The van der Waals surface area contributed by atoms with Gasteiger partial charge in [-0.3, -0.25) is 19.7 Å². The molecule has 13 heteroatoms. The number of allylic oxidation sites excluding steroid dienone is 2. The third kappa shape index (κ3) is 8.08. The molecule has 1 aliphatic heterocycles. The van der Waals surface area contributed by atoms with Crippen LogP contribution in [0.4, 0.5) is 5.69 Å². The molecule has 4 rings (SSSR count). The van der Waals surface area contributed by atoms with Crippen LogP contribution in [-0.4, -0.2) is 81.2 Å². The van der Waals surface area contributed by atoms with Gasteiger partial charge in [0, 0.05) is 49.9 Å². The molecule has 1 saturated heterocycles. The monoisotopic (exact) mass is 621 g/mol. The smallest absolute Gasteiger partial charge is 0.269 e. The quantitative estimate of drug-likeness (QED) is 0.167. The Bertz CT molecular complexity index is 1660. The fourth-order valence-corrected chi connectivity index (χ4v) is 5.76. The van der Waals surface area contributed by atoms with Gasteiger partial charge in [0.2, 0.25) is 10.0 Å². The van der Waals surface area contributed by atoms with Crippen molar-refractivity contribution >= 4 is 39.6 Å². The van der Waals surface area contributed by atoms with E-state index in [1.807, 2.05) is 0 Å². The number of sulfonamides is 1. The molecule has 0 aliphatic carbocycles. The van der Waals surface area contributed by atoms with Crippen molar-refractivity contribution < 1.29 is 37.1 Å². The highest BCUT2D eigenvalue weighted by Crippen LogP contribution is 2.26. The van der Waals surface area contributed by atoms with Crippen LogP contribution in [0.3, 0.4) is 0 Å². The van der Waals surface area contributed by atoms with Crippen LogP contribution < -0.4 is 14.2 Å². The maximum absolute atomic E-state index is 12.9. The molecule has 3 aromatic rings. The molecular formula is C31H31N3O9S. The van der Waals surface area contributed by atoms with Crippen LogP contribution >= 0.6 is 0 Å². The van der Waals surface area contributed by atoms with Gasteiger partial charge in [-0.05, 0) is 60.2 Å². The highest BCUT2D eigenvalue weighted by Gasteiger charge is 2.30. The summed E-state index contributed by atoms with van der Waals surface area (Å²) < 4.78 is 43.2. The summed E-state index contributed by atoms with van der Waals surface area (Å²) in [5.74, 6) is 1.20. The fraction of sp³-hybridized carbons (Fsp3) is 0.226. The Morgan fingerprint density at radius 3 is 2.11 bits per heavy atom. The first-order valence-corrected chi connectivity index (χ1v) is 14.9. The molecule has 44 heavy (non-hydrogen) atoms. The van der Waals surface area contributed by atoms with Gasteiger partial charge in [0.25, 0.3) is 11.6 Å². The van der Waals surface area contributed by atoms with Gasteiger partial charge in [-0.25, -0.2) is 8.42 Å². The SMILES string of the molecule is COc1ccc(C=CC(=O)C=Cc2ccc(OCC(=O)N3CCN(S(=O)(=O)c4ccc([N+](=O)[O-])cc4)CC3)cc2)c(OC)c1. The number of piperazine rings is 1. The molecule has 1 heterocycles. The molecule has 0 atom stereocenters. The van der Waals surface area contributed by atoms with E-state index >= 15 is 0 Å². The Balaban J connectivity index is 1.24. The number of benzene rings is 3. The summed E-state index contributed by atoms with van der Waals surface area (Å²) in [6.45, 7) is 0.335. The number of carbonyl (C=O) groups excluding carboxylic acids is 2. The molecule has 0 aromatic heterocycles. The number of amides is 1. The lowest BCUT2D eigenvalue weighted by Gasteiger charge is -2.33. The molecular weight excluding hydrogens is 590 g/mol. The summed E-state index contributed by atoms with van der Waals surface area (Å²) in [4.78, 5) is 36.7. The van der Waals surface area contributed by atoms with Crippen molar-refractivity contribution in [2.24, 2.45) is 0 Å². The Hall–Kier alpha value is -5.01. The van der Waals surface area contributed by atoms with Crippen LogP contribution in [0, 0.1) is 10.1 Å². The van der Waals surface area contributed by atoms with Crippen LogP contribution in [0.1, 0.15) is 11.1 Å². The van der Waals surface area contributed by atoms with E-state index in [1.54, 1.807) is 68.8 Å². The normalized spacial score (nSPS) is 14.1. The first-order valence-electron chi connectivity index (χ1n) is 13.5. The molecule has 1 aliphatic rings. The first-order chi connectivity index (χ1) is 21.1. The lowest BCUT2D eigenvalue weighted by molar-refractivity contribution is -0.384. The van der Waals surface area contributed by atoms with Crippen molar-refractivity contribution in [3.05, 3.63) is 100 Å². The van der Waals surface area contributed by atoms with E-state index in [2.05, 4.69) is 0 Å².